The van der Waals surface area contributed by atoms with Crippen LogP contribution in [-0.2, 0) is 28.5 Å². The first kappa shape index (κ1) is 37.5. The van der Waals surface area contributed by atoms with Crippen LogP contribution >= 0.6 is 19.4 Å². The summed E-state index contributed by atoms with van der Waals surface area (Å²) in [5.74, 6) is -0.410. The molecule has 1 aliphatic rings. The highest BCUT2D eigenvalue weighted by Gasteiger charge is 2.50. The molecule has 43 heavy (non-hydrogen) atoms. The lowest BCUT2D eigenvalue weighted by Crippen LogP contribution is -2.61. The summed E-state index contributed by atoms with van der Waals surface area (Å²) in [6.07, 6.45) is 3.51. The molecule has 10 nitrogen and oxygen atoms in total. The Bertz CT molecular complexity index is 1090. The highest BCUT2D eigenvalue weighted by atomic mass is 35.5. The van der Waals surface area contributed by atoms with Gasteiger partial charge in [-0.3, -0.25) is 18.4 Å². The fourth-order valence-electron chi connectivity index (χ4n) is 5.03. The zero-order valence-electron chi connectivity index (χ0n) is 27.2. The molecule has 3 N–H and O–H groups in total. The van der Waals surface area contributed by atoms with Crippen LogP contribution in [-0.4, -0.2) is 66.4 Å². The van der Waals surface area contributed by atoms with Crippen molar-refractivity contribution in [1.29, 1.82) is 0 Å². The zero-order valence-corrected chi connectivity index (χ0v) is 28.9. The molecule has 0 unspecified atom stereocenters. The zero-order chi connectivity index (χ0) is 32.5. The maximum atomic E-state index is 13.7. The van der Waals surface area contributed by atoms with Crippen molar-refractivity contribution in [1.82, 2.24) is 15.5 Å². The highest BCUT2D eigenvalue weighted by Crippen LogP contribution is 2.53. The van der Waals surface area contributed by atoms with Gasteiger partial charge in [-0.05, 0) is 56.7 Å². The van der Waals surface area contributed by atoms with Gasteiger partial charge >= 0.3 is 13.9 Å². The number of unbranched alkanes of at least 4 members (excludes halogenated alkanes) is 2. The normalized spacial score (nSPS) is 19.7. The Balaban J connectivity index is 2.03. The van der Waals surface area contributed by atoms with E-state index >= 15 is 0 Å². The molecular weight excluding hydrogens is 593 g/mol. The Labute approximate surface area is 263 Å². The minimum Gasteiger partial charge on any atom is -0.384 e. The van der Waals surface area contributed by atoms with Gasteiger partial charge in [0.05, 0.1) is 24.4 Å². The summed E-state index contributed by atoms with van der Waals surface area (Å²) in [6.45, 7) is 16.1. The third-order valence-electron chi connectivity index (χ3n) is 7.83. The molecule has 12 heteroatoms. The average Bonchev–Trinajstić information content (AvgIpc) is 2.92. The fourth-order valence-corrected chi connectivity index (χ4v) is 6.71. The molecule has 246 valence electrons. The summed E-state index contributed by atoms with van der Waals surface area (Å²) in [5.41, 5.74) is -2.12. The van der Waals surface area contributed by atoms with E-state index < -0.39 is 36.5 Å². The number of carbonyl (C=O) groups is 2. The summed E-state index contributed by atoms with van der Waals surface area (Å²) in [5, 5.41) is 17.8. The van der Waals surface area contributed by atoms with Crippen molar-refractivity contribution in [3.8, 4) is 0 Å². The number of piperidine rings is 1. The highest BCUT2D eigenvalue weighted by molar-refractivity contribution is 7.48. The van der Waals surface area contributed by atoms with Crippen molar-refractivity contribution in [3.05, 3.63) is 34.9 Å². The molecule has 0 saturated carbocycles. The van der Waals surface area contributed by atoms with Crippen molar-refractivity contribution < 1.29 is 32.8 Å². The van der Waals surface area contributed by atoms with Crippen LogP contribution in [0.3, 0.4) is 0 Å². The Morgan fingerprint density at radius 1 is 1.09 bits per heavy atom. The first-order valence-electron chi connectivity index (χ1n) is 15.4. The molecule has 1 aromatic carbocycles. The molecule has 0 aliphatic carbocycles. The van der Waals surface area contributed by atoms with E-state index in [-0.39, 0.29) is 31.6 Å². The number of amides is 3. The number of halogens is 1. The average molecular weight is 646 g/mol. The van der Waals surface area contributed by atoms with Crippen LogP contribution in [0.15, 0.2) is 24.3 Å². The van der Waals surface area contributed by atoms with Crippen molar-refractivity contribution in [2.75, 3.05) is 32.8 Å². The van der Waals surface area contributed by atoms with Crippen LogP contribution < -0.4 is 10.6 Å². The number of phosphoric ester groups is 1. The van der Waals surface area contributed by atoms with Gasteiger partial charge in [-0.1, -0.05) is 78.1 Å². The monoisotopic (exact) mass is 645 g/mol. The lowest BCUT2D eigenvalue weighted by molar-refractivity contribution is -0.155. The maximum absolute atomic E-state index is 13.7. The number of phosphoric acid groups is 1. The van der Waals surface area contributed by atoms with E-state index in [9.17, 15) is 19.3 Å². The van der Waals surface area contributed by atoms with Crippen LogP contribution in [0.5, 0.6) is 0 Å². The van der Waals surface area contributed by atoms with E-state index in [2.05, 4.69) is 10.6 Å². The first-order chi connectivity index (χ1) is 20.0. The predicted molar refractivity (Wildman–Crippen MR) is 170 cm³/mol. The number of carbonyl (C=O) groups excluding carboxylic acids is 2. The van der Waals surface area contributed by atoms with E-state index in [1.54, 1.807) is 30.9 Å². The molecule has 2 rings (SSSR count). The second kappa shape index (κ2) is 16.1. The number of aliphatic hydroxyl groups is 1. The van der Waals surface area contributed by atoms with Gasteiger partial charge in [0, 0.05) is 30.1 Å². The molecule has 2 atom stereocenters. The minimum absolute atomic E-state index is 0.000967. The van der Waals surface area contributed by atoms with Gasteiger partial charge in [0.15, 0.2) is 0 Å². The molecule has 1 fully saturated rings. The van der Waals surface area contributed by atoms with Gasteiger partial charge in [-0.15, -0.1) is 0 Å². The third kappa shape index (κ3) is 10.7. The van der Waals surface area contributed by atoms with Gasteiger partial charge < -0.3 is 20.6 Å². The van der Waals surface area contributed by atoms with Crippen LogP contribution in [0.25, 0.3) is 0 Å². The number of nitrogens with one attached hydrogen (secondary N) is 2. The Morgan fingerprint density at radius 3 is 2.14 bits per heavy atom. The van der Waals surface area contributed by atoms with Crippen molar-refractivity contribution >= 4 is 31.4 Å². The molecule has 1 saturated heterocycles. The summed E-state index contributed by atoms with van der Waals surface area (Å²) in [4.78, 5) is 28.4. The summed E-state index contributed by atoms with van der Waals surface area (Å²) >= 11 is 6.05. The van der Waals surface area contributed by atoms with Gasteiger partial charge in [0.1, 0.15) is 6.04 Å². The molecule has 0 bridgehead atoms. The van der Waals surface area contributed by atoms with Crippen molar-refractivity contribution in [2.45, 2.75) is 105 Å². The lowest BCUT2D eigenvalue weighted by Gasteiger charge is -2.51. The number of urea groups is 1. The smallest absolute Gasteiger partial charge is 0.384 e. The number of nitrogens with zero attached hydrogens (tertiary/aromatic N) is 1. The number of benzene rings is 1. The molecule has 0 spiro atoms. The number of likely N-dealkylation sites (tertiary alicyclic amines) is 1. The van der Waals surface area contributed by atoms with Gasteiger partial charge in [-0.2, -0.15) is 0 Å². The lowest BCUT2D eigenvalue weighted by atomic mass is 9.66. The molecule has 3 amide bonds. The van der Waals surface area contributed by atoms with Crippen LogP contribution in [0.2, 0.25) is 5.02 Å². The summed E-state index contributed by atoms with van der Waals surface area (Å²) in [6, 6.07) is 5.81. The number of hydrogen-bond acceptors (Lipinski definition) is 7. The summed E-state index contributed by atoms with van der Waals surface area (Å²) < 4.78 is 30.2. The molecular formula is C31H53ClN3O7P. The second-order valence-corrected chi connectivity index (χ2v) is 15.0. The first-order valence-corrected chi connectivity index (χ1v) is 17.2. The predicted octanol–water partition coefficient (Wildman–Crippen LogP) is 6.65. The maximum Gasteiger partial charge on any atom is 0.475 e. The van der Waals surface area contributed by atoms with Crippen LogP contribution in [0, 0.1) is 11.3 Å². The Kier molecular flexibility index (Phi) is 14.0. The van der Waals surface area contributed by atoms with Gasteiger partial charge in [0.2, 0.25) is 5.91 Å². The largest absolute Gasteiger partial charge is 0.475 e. The van der Waals surface area contributed by atoms with Gasteiger partial charge in [-0.25, -0.2) is 9.36 Å². The summed E-state index contributed by atoms with van der Waals surface area (Å²) in [7, 11) is -3.85. The molecule has 0 radical (unpaired) electrons. The molecule has 1 aliphatic heterocycles. The van der Waals surface area contributed by atoms with E-state index in [0.717, 1.165) is 18.4 Å². The standard InChI is InChI=1S/C31H53ClN3O7P/c1-9-11-19-40-43(39,41-20-12-10-2)42-30(7,8)21-33-28(37)34-26(23(3)4)27(36)35-18-17-31(38,29(5,6)22-35)24-13-15-25(32)16-14-24/h13-16,23,26,38H,9-12,17-22H2,1-8H3,(H2,33,34,37)/t26-,31+/m1/s1. The molecule has 0 aromatic heterocycles. The molecule has 1 aromatic rings. The van der Waals surface area contributed by atoms with E-state index in [0.29, 0.717) is 37.4 Å². The Morgan fingerprint density at radius 2 is 1.65 bits per heavy atom. The SMILES string of the molecule is CCCCOP(=O)(OCCCC)OC(C)(C)CNC(=O)N[C@@H](C(=O)N1CC[C@](O)(c2ccc(Cl)cc2)C(C)(C)C1)C(C)C. The van der Waals surface area contributed by atoms with Crippen LogP contribution in [0.4, 0.5) is 4.79 Å². The third-order valence-corrected chi connectivity index (χ3v) is 9.80. The van der Waals surface area contributed by atoms with E-state index in [1.807, 2.05) is 53.7 Å². The molecule has 1 heterocycles. The van der Waals surface area contributed by atoms with Crippen molar-refractivity contribution in [2.24, 2.45) is 11.3 Å². The van der Waals surface area contributed by atoms with Gasteiger partial charge in [0.25, 0.3) is 0 Å². The Hall–Kier alpha value is -1.68. The number of rotatable bonds is 16. The minimum atomic E-state index is -3.85. The number of hydrogen-bond donors (Lipinski definition) is 3. The quantitative estimate of drug-likeness (QED) is 0.136. The second-order valence-electron chi connectivity index (χ2n) is 13.0. The van der Waals surface area contributed by atoms with E-state index in [1.165, 1.54) is 0 Å². The van der Waals surface area contributed by atoms with Crippen LogP contribution in [0.1, 0.15) is 93.1 Å². The fraction of sp³-hybridized carbons (Fsp3) is 0.742. The topological polar surface area (TPSA) is 126 Å². The van der Waals surface area contributed by atoms with Crippen molar-refractivity contribution in [3.63, 3.8) is 0 Å². The van der Waals surface area contributed by atoms with E-state index in [4.69, 9.17) is 25.2 Å².